The summed E-state index contributed by atoms with van der Waals surface area (Å²) in [5.41, 5.74) is 0.945. The maximum atomic E-state index is 11.3. The van der Waals surface area contributed by atoms with Crippen molar-refractivity contribution in [2.75, 3.05) is 5.01 Å². The molecule has 0 bridgehead atoms. The van der Waals surface area contributed by atoms with Crippen LogP contribution in [-0.4, -0.2) is 25.5 Å². The van der Waals surface area contributed by atoms with Gasteiger partial charge >= 0.3 is 16.5 Å². The van der Waals surface area contributed by atoms with Crippen LogP contribution in [0.4, 0.5) is 5.69 Å². The largest absolute Gasteiger partial charge is 0.480 e. The summed E-state index contributed by atoms with van der Waals surface area (Å²) in [6.45, 7) is 1.82. The van der Waals surface area contributed by atoms with Crippen LogP contribution >= 0.6 is 23.2 Å². The quantitative estimate of drug-likeness (QED) is 0.897. The van der Waals surface area contributed by atoms with E-state index in [1.165, 1.54) is 12.1 Å². The molecule has 0 aromatic heterocycles. The fraction of sp³-hybridized carbons (Fsp3) is 0.364. The van der Waals surface area contributed by atoms with Gasteiger partial charge in [0, 0.05) is 10.0 Å². The third-order valence-corrected chi connectivity index (χ3v) is 3.96. The number of carboxylic acid groups (broad SMARTS) is 1. The number of carboxylic acids is 1. The minimum Gasteiger partial charge on any atom is -0.480 e. The average molecular weight is 337 g/mol. The highest BCUT2D eigenvalue weighted by Crippen LogP contribution is 2.44. The number of hydrogen-bond acceptors (Lipinski definition) is 4. The second-order valence-corrected chi connectivity index (χ2v) is 5.90. The molecular formula is C11H10Cl2N2O4S. The summed E-state index contributed by atoms with van der Waals surface area (Å²) >= 11 is 12.0. The van der Waals surface area contributed by atoms with Gasteiger partial charge in [0.05, 0.1) is 5.69 Å². The number of benzene rings is 1. The lowest BCUT2D eigenvalue weighted by Crippen LogP contribution is -2.42. The Hall–Kier alpha value is -1.31. The average Bonchev–Trinajstić information content (AvgIpc) is 2.30. The molecule has 20 heavy (non-hydrogen) atoms. The molecule has 0 aliphatic carbocycles. The normalized spacial score (nSPS) is 21.2. The van der Waals surface area contributed by atoms with E-state index in [1.807, 2.05) is 6.92 Å². The Balaban J connectivity index is 2.72. The van der Waals surface area contributed by atoms with E-state index in [-0.39, 0.29) is 17.4 Å². The van der Waals surface area contributed by atoms with Crippen LogP contribution in [0.15, 0.2) is 16.6 Å². The second-order valence-electron chi connectivity index (χ2n) is 4.45. The van der Waals surface area contributed by atoms with Gasteiger partial charge in [0.15, 0.2) is 6.04 Å². The van der Waals surface area contributed by atoms with Crippen LogP contribution in [0.5, 0.6) is 0 Å². The minimum absolute atomic E-state index is 0.151. The minimum atomic E-state index is -2.78. The van der Waals surface area contributed by atoms with E-state index in [4.69, 9.17) is 23.2 Å². The van der Waals surface area contributed by atoms with Crippen LogP contribution in [0.3, 0.4) is 0 Å². The summed E-state index contributed by atoms with van der Waals surface area (Å²) < 4.78 is 25.0. The highest BCUT2D eigenvalue weighted by molar-refractivity contribution is 7.61. The molecule has 1 aliphatic rings. The van der Waals surface area contributed by atoms with Gasteiger partial charge in [-0.2, -0.15) is 8.42 Å². The van der Waals surface area contributed by atoms with E-state index < -0.39 is 22.5 Å². The summed E-state index contributed by atoms with van der Waals surface area (Å²) in [6, 6.07) is 1.92. The predicted molar refractivity (Wildman–Crippen MR) is 74.7 cm³/mol. The van der Waals surface area contributed by atoms with E-state index in [1.54, 1.807) is 0 Å². The van der Waals surface area contributed by atoms with Crippen LogP contribution < -0.4 is 5.01 Å². The first-order chi connectivity index (χ1) is 9.31. The summed E-state index contributed by atoms with van der Waals surface area (Å²) in [5, 5.41) is 10.8. The maximum Gasteiger partial charge on any atom is 0.333 e. The standard InChI is InChI=1S/C11H10Cl2N2O4S/c1-5-2-9(11(16)17)15(14-20(18)19)8-4-6(12)3-7(13)10(5)8/h3-5,9H,2H2,1H3,(H,16,17)/t5-,9+/m0/s1. The zero-order valence-corrected chi connectivity index (χ0v) is 12.6. The van der Waals surface area contributed by atoms with Crippen molar-refractivity contribution in [1.29, 1.82) is 0 Å². The van der Waals surface area contributed by atoms with E-state index in [0.717, 1.165) is 5.01 Å². The summed E-state index contributed by atoms with van der Waals surface area (Å²) in [4.78, 5) is 11.3. The van der Waals surface area contributed by atoms with Gasteiger partial charge in [-0.05, 0) is 34.5 Å². The molecule has 2 atom stereocenters. The first-order valence-corrected chi connectivity index (χ1v) is 7.42. The van der Waals surface area contributed by atoms with Gasteiger partial charge in [-0.15, -0.1) is 0 Å². The SMILES string of the molecule is C[C@H]1C[C@H](C(=O)O)N(N=S(=O)=O)c2cc(Cl)cc(Cl)c21. The van der Waals surface area contributed by atoms with Crippen molar-refractivity contribution in [2.24, 2.45) is 4.47 Å². The summed E-state index contributed by atoms with van der Waals surface area (Å²) in [7, 11) is -2.78. The van der Waals surface area contributed by atoms with Gasteiger partial charge < -0.3 is 5.11 Å². The van der Waals surface area contributed by atoms with Crippen molar-refractivity contribution < 1.29 is 18.3 Å². The summed E-state index contributed by atoms with van der Waals surface area (Å²) in [5.74, 6) is -1.31. The second kappa shape index (κ2) is 5.59. The number of carbonyl (C=O) groups is 1. The Kier molecular flexibility index (Phi) is 4.22. The molecule has 1 aromatic carbocycles. The third kappa shape index (κ3) is 2.74. The predicted octanol–water partition coefficient (Wildman–Crippen LogP) is 2.74. The van der Waals surface area contributed by atoms with E-state index in [0.29, 0.717) is 16.3 Å². The fourth-order valence-electron chi connectivity index (χ4n) is 2.35. The molecule has 6 nitrogen and oxygen atoms in total. The van der Waals surface area contributed by atoms with Crippen molar-refractivity contribution in [1.82, 2.24) is 0 Å². The van der Waals surface area contributed by atoms with Crippen molar-refractivity contribution >= 4 is 45.4 Å². The van der Waals surface area contributed by atoms with Gasteiger partial charge in [0.1, 0.15) is 0 Å². The molecule has 1 N–H and O–H groups in total. The lowest BCUT2D eigenvalue weighted by Gasteiger charge is -2.35. The highest BCUT2D eigenvalue weighted by Gasteiger charge is 2.37. The van der Waals surface area contributed by atoms with E-state index >= 15 is 0 Å². The number of anilines is 1. The molecule has 0 saturated carbocycles. The molecule has 9 heteroatoms. The molecule has 0 spiro atoms. The van der Waals surface area contributed by atoms with E-state index in [2.05, 4.69) is 4.47 Å². The number of aliphatic carboxylic acids is 1. The third-order valence-electron chi connectivity index (χ3n) is 3.12. The van der Waals surface area contributed by atoms with E-state index in [9.17, 15) is 18.3 Å². The number of halogens is 2. The molecule has 2 rings (SSSR count). The van der Waals surface area contributed by atoms with Crippen molar-refractivity contribution in [3.05, 3.63) is 27.7 Å². The molecule has 0 unspecified atom stereocenters. The first kappa shape index (κ1) is 15.1. The zero-order chi connectivity index (χ0) is 15.0. The molecule has 0 saturated heterocycles. The Bertz CT molecular complexity index is 697. The summed E-state index contributed by atoms with van der Waals surface area (Å²) in [6.07, 6.45) is 0.199. The molecule has 0 fully saturated rings. The van der Waals surface area contributed by atoms with Crippen molar-refractivity contribution in [3.8, 4) is 0 Å². The molecule has 1 heterocycles. The fourth-order valence-corrected chi connectivity index (χ4v) is 3.36. The van der Waals surface area contributed by atoms with Crippen LogP contribution in [0, 0.1) is 0 Å². The molecule has 0 amide bonds. The monoisotopic (exact) mass is 336 g/mol. The highest BCUT2D eigenvalue weighted by atomic mass is 35.5. The lowest BCUT2D eigenvalue weighted by atomic mass is 9.88. The lowest BCUT2D eigenvalue weighted by molar-refractivity contribution is -0.139. The Morgan fingerprint density at radius 3 is 2.65 bits per heavy atom. The molecule has 1 aliphatic heterocycles. The van der Waals surface area contributed by atoms with Crippen LogP contribution in [0.2, 0.25) is 10.0 Å². The van der Waals surface area contributed by atoms with Crippen LogP contribution in [0.1, 0.15) is 24.8 Å². The van der Waals surface area contributed by atoms with Gasteiger partial charge in [-0.1, -0.05) is 30.1 Å². The van der Waals surface area contributed by atoms with Crippen molar-refractivity contribution in [3.63, 3.8) is 0 Å². The van der Waals surface area contributed by atoms with Gasteiger partial charge in [-0.3, -0.25) is 0 Å². The molecule has 108 valence electrons. The Morgan fingerprint density at radius 1 is 1.45 bits per heavy atom. The number of fused-ring (bicyclic) bond motifs is 1. The van der Waals surface area contributed by atoms with Gasteiger partial charge in [0.2, 0.25) is 0 Å². The van der Waals surface area contributed by atoms with Crippen molar-refractivity contribution in [2.45, 2.75) is 25.3 Å². The zero-order valence-electron chi connectivity index (χ0n) is 10.2. The number of rotatable bonds is 2. The van der Waals surface area contributed by atoms with Gasteiger partial charge in [-0.25, -0.2) is 9.80 Å². The maximum absolute atomic E-state index is 11.3. The molecular weight excluding hydrogens is 327 g/mol. The van der Waals surface area contributed by atoms with Gasteiger partial charge in [0.25, 0.3) is 0 Å². The Morgan fingerprint density at radius 2 is 2.10 bits per heavy atom. The van der Waals surface area contributed by atoms with Crippen LogP contribution in [0.25, 0.3) is 0 Å². The topological polar surface area (TPSA) is 87.0 Å². The first-order valence-electron chi connectivity index (χ1n) is 5.63. The molecule has 0 radical (unpaired) electrons. The Labute approximate surface area is 126 Å². The van der Waals surface area contributed by atoms with Crippen LogP contribution in [-0.2, 0) is 15.3 Å². The smallest absolute Gasteiger partial charge is 0.333 e. The molecule has 1 aromatic rings. The number of hydrogen-bond donors (Lipinski definition) is 1. The number of nitrogens with zero attached hydrogens (tertiary/aromatic N) is 2.